The molecule has 4 heteroatoms. The van der Waals surface area contributed by atoms with Gasteiger partial charge < -0.3 is 10.2 Å². The van der Waals surface area contributed by atoms with Crippen LogP contribution in [0.25, 0.3) is 0 Å². The van der Waals surface area contributed by atoms with E-state index in [1.807, 2.05) is 12.3 Å². The van der Waals surface area contributed by atoms with Crippen LogP contribution in [0.1, 0.15) is 26.2 Å². The van der Waals surface area contributed by atoms with E-state index < -0.39 is 0 Å². The number of nitrogens with zero attached hydrogens (tertiary/aromatic N) is 3. The lowest BCUT2D eigenvalue weighted by Gasteiger charge is -2.38. The monoisotopic (exact) mass is 274 g/mol. The molecular weight excluding hydrogens is 248 g/mol. The highest BCUT2D eigenvalue weighted by molar-refractivity contribution is 5.38. The first-order valence-corrected chi connectivity index (χ1v) is 7.96. The number of aromatic nitrogens is 1. The molecule has 1 atom stereocenters. The highest BCUT2D eigenvalue weighted by Gasteiger charge is 2.23. The van der Waals surface area contributed by atoms with Crippen LogP contribution < -0.4 is 10.2 Å². The van der Waals surface area contributed by atoms with E-state index >= 15 is 0 Å². The highest BCUT2D eigenvalue weighted by atomic mass is 15.3. The van der Waals surface area contributed by atoms with Gasteiger partial charge in [-0.2, -0.15) is 0 Å². The molecule has 1 aliphatic heterocycles. The van der Waals surface area contributed by atoms with Gasteiger partial charge >= 0.3 is 0 Å². The number of piperazine rings is 1. The number of rotatable bonds is 6. The number of nitrogens with one attached hydrogen (secondary N) is 1. The van der Waals surface area contributed by atoms with Gasteiger partial charge in [0.1, 0.15) is 5.82 Å². The molecule has 1 aliphatic carbocycles. The standard InChI is InChI=1S/C16H26N4/c1-14(7-9-17-15-5-6-15)19-10-12-20(13-11-19)16-4-2-3-8-18-16/h2-4,8,14-15,17H,5-7,9-13H2,1H3. The molecule has 0 spiro atoms. The molecule has 0 aromatic carbocycles. The van der Waals surface area contributed by atoms with Gasteiger partial charge in [0, 0.05) is 44.5 Å². The third kappa shape index (κ3) is 3.70. The van der Waals surface area contributed by atoms with Crippen molar-refractivity contribution in [1.29, 1.82) is 0 Å². The Morgan fingerprint density at radius 3 is 2.70 bits per heavy atom. The molecule has 1 saturated carbocycles. The molecule has 3 rings (SSSR count). The maximum absolute atomic E-state index is 4.45. The molecule has 1 aromatic heterocycles. The number of hydrogen-bond acceptors (Lipinski definition) is 4. The summed E-state index contributed by atoms with van der Waals surface area (Å²) in [5.41, 5.74) is 0. The largest absolute Gasteiger partial charge is 0.354 e. The second kappa shape index (κ2) is 6.55. The zero-order valence-electron chi connectivity index (χ0n) is 12.5. The van der Waals surface area contributed by atoms with Crippen molar-refractivity contribution in [3.63, 3.8) is 0 Å². The van der Waals surface area contributed by atoms with Gasteiger partial charge in [-0.1, -0.05) is 6.07 Å². The Balaban J connectivity index is 1.40. The minimum absolute atomic E-state index is 0.687. The summed E-state index contributed by atoms with van der Waals surface area (Å²) < 4.78 is 0. The fraction of sp³-hybridized carbons (Fsp3) is 0.688. The van der Waals surface area contributed by atoms with Crippen molar-refractivity contribution < 1.29 is 0 Å². The molecule has 2 heterocycles. The van der Waals surface area contributed by atoms with Crippen molar-refractivity contribution in [2.24, 2.45) is 0 Å². The summed E-state index contributed by atoms with van der Waals surface area (Å²) in [6, 6.07) is 7.68. The predicted octanol–water partition coefficient (Wildman–Crippen LogP) is 1.73. The van der Waals surface area contributed by atoms with Crippen LogP contribution in [0.4, 0.5) is 5.82 Å². The number of anilines is 1. The second-order valence-electron chi connectivity index (χ2n) is 6.08. The van der Waals surface area contributed by atoms with E-state index in [-0.39, 0.29) is 0 Å². The van der Waals surface area contributed by atoms with Crippen molar-refractivity contribution in [3.05, 3.63) is 24.4 Å². The zero-order valence-corrected chi connectivity index (χ0v) is 12.5. The summed E-state index contributed by atoms with van der Waals surface area (Å²) in [6.45, 7) is 8.04. The van der Waals surface area contributed by atoms with Gasteiger partial charge in [0.2, 0.25) is 0 Å². The summed E-state index contributed by atoms with van der Waals surface area (Å²) in [7, 11) is 0. The second-order valence-corrected chi connectivity index (χ2v) is 6.08. The SMILES string of the molecule is CC(CCNC1CC1)N1CCN(c2ccccn2)CC1. The molecular formula is C16H26N4. The van der Waals surface area contributed by atoms with Crippen LogP contribution in [0.3, 0.4) is 0 Å². The zero-order chi connectivity index (χ0) is 13.8. The van der Waals surface area contributed by atoms with Gasteiger partial charge in [-0.05, 0) is 44.9 Å². The van der Waals surface area contributed by atoms with Crippen LogP contribution in [-0.2, 0) is 0 Å². The first kappa shape index (κ1) is 13.8. The lowest BCUT2D eigenvalue weighted by atomic mass is 10.1. The molecule has 1 aromatic rings. The minimum Gasteiger partial charge on any atom is -0.354 e. The first-order valence-electron chi connectivity index (χ1n) is 7.96. The maximum atomic E-state index is 4.45. The van der Waals surface area contributed by atoms with Gasteiger partial charge in [0.15, 0.2) is 0 Å². The normalized spacial score (nSPS) is 21.9. The summed E-state index contributed by atoms with van der Waals surface area (Å²) in [5, 5.41) is 3.61. The quantitative estimate of drug-likeness (QED) is 0.856. The van der Waals surface area contributed by atoms with Crippen LogP contribution in [0, 0.1) is 0 Å². The first-order chi connectivity index (χ1) is 9.83. The van der Waals surface area contributed by atoms with Gasteiger partial charge in [0.25, 0.3) is 0 Å². The van der Waals surface area contributed by atoms with E-state index in [2.05, 4.69) is 39.2 Å². The van der Waals surface area contributed by atoms with E-state index in [0.29, 0.717) is 6.04 Å². The summed E-state index contributed by atoms with van der Waals surface area (Å²) in [5.74, 6) is 1.12. The van der Waals surface area contributed by atoms with E-state index in [1.165, 1.54) is 25.8 Å². The summed E-state index contributed by atoms with van der Waals surface area (Å²) in [6.07, 6.45) is 5.92. The Morgan fingerprint density at radius 1 is 1.25 bits per heavy atom. The molecule has 1 N–H and O–H groups in total. The van der Waals surface area contributed by atoms with E-state index in [1.54, 1.807) is 0 Å². The third-order valence-electron chi connectivity index (χ3n) is 4.48. The summed E-state index contributed by atoms with van der Waals surface area (Å²) >= 11 is 0. The molecule has 0 radical (unpaired) electrons. The van der Waals surface area contributed by atoms with E-state index in [9.17, 15) is 0 Å². The maximum Gasteiger partial charge on any atom is 0.128 e. The molecule has 2 aliphatic rings. The van der Waals surface area contributed by atoms with Crippen LogP contribution >= 0.6 is 0 Å². The van der Waals surface area contributed by atoms with Crippen molar-refractivity contribution in [1.82, 2.24) is 15.2 Å². The fourth-order valence-electron chi connectivity index (χ4n) is 2.90. The Kier molecular flexibility index (Phi) is 4.53. The molecule has 110 valence electrons. The molecule has 0 bridgehead atoms. The third-order valence-corrected chi connectivity index (χ3v) is 4.48. The van der Waals surface area contributed by atoms with Gasteiger partial charge in [0.05, 0.1) is 0 Å². The van der Waals surface area contributed by atoms with Crippen molar-refractivity contribution in [2.45, 2.75) is 38.3 Å². The smallest absolute Gasteiger partial charge is 0.128 e. The Labute approximate surface area is 122 Å². The number of pyridine rings is 1. The molecule has 2 fully saturated rings. The van der Waals surface area contributed by atoms with Crippen LogP contribution in [-0.4, -0.2) is 54.7 Å². The van der Waals surface area contributed by atoms with Crippen LogP contribution in [0.2, 0.25) is 0 Å². The van der Waals surface area contributed by atoms with Crippen molar-refractivity contribution >= 4 is 5.82 Å². The van der Waals surface area contributed by atoms with Crippen LogP contribution in [0.15, 0.2) is 24.4 Å². The van der Waals surface area contributed by atoms with Crippen LogP contribution in [0.5, 0.6) is 0 Å². The number of hydrogen-bond donors (Lipinski definition) is 1. The van der Waals surface area contributed by atoms with Gasteiger partial charge in [-0.15, -0.1) is 0 Å². The Hall–Kier alpha value is -1.13. The van der Waals surface area contributed by atoms with E-state index in [0.717, 1.165) is 38.0 Å². The predicted molar refractivity (Wildman–Crippen MR) is 83.1 cm³/mol. The Morgan fingerprint density at radius 2 is 2.05 bits per heavy atom. The highest BCUT2D eigenvalue weighted by Crippen LogP contribution is 2.19. The van der Waals surface area contributed by atoms with E-state index in [4.69, 9.17) is 0 Å². The lowest BCUT2D eigenvalue weighted by Crippen LogP contribution is -2.50. The Bertz CT molecular complexity index is 396. The molecule has 1 unspecified atom stereocenters. The summed E-state index contributed by atoms with van der Waals surface area (Å²) in [4.78, 5) is 9.46. The van der Waals surface area contributed by atoms with Gasteiger partial charge in [-0.3, -0.25) is 4.90 Å². The topological polar surface area (TPSA) is 31.4 Å². The molecule has 1 saturated heterocycles. The average molecular weight is 274 g/mol. The molecule has 0 amide bonds. The van der Waals surface area contributed by atoms with Gasteiger partial charge in [-0.25, -0.2) is 4.98 Å². The minimum atomic E-state index is 0.687. The molecule has 20 heavy (non-hydrogen) atoms. The fourth-order valence-corrected chi connectivity index (χ4v) is 2.90. The van der Waals surface area contributed by atoms with Crippen molar-refractivity contribution in [2.75, 3.05) is 37.6 Å². The lowest BCUT2D eigenvalue weighted by molar-refractivity contribution is 0.187. The average Bonchev–Trinajstić information content (AvgIpc) is 3.32. The molecule has 4 nitrogen and oxygen atoms in total. The van der Waals surface area contributed by atoms with Crippen molar-refractivity contribution in [3.8, 4) is 0 Å².